The number of aromatic hydroxyl groups is 1. The van der Waals surface area contributed by atoms with Gasteiger partial charge in [0.2, 0.25) is 0 Å². The predicted octanol–water partition coefficient (Wildman–Crippen LogP) is 0.492. The Kier molecular flexibility index (Phi) is 5.14. The smallest absolute Gasteiger partial charge is 0.253 e. The molecule has 6 heteroatoms. The lowest BCUT2D eigenvalue weighted by molar-refractivity contribution is 0.0244. The van der Waals surface area contributed by atoms with Crippen LogP contribution < -0.4 is 11.1 Å². The standard InChI is InChI=1S/C13H20N2O4/c1-13(18,5-6-19-2)8-15-12(17)10-7-9(16)3-4-11(10)14/h3-4,7,16,18H,5-6,8,14H2,1-2H3,(H,15,17). The summed E-state index contributed by atoms with van der Waals surface area (Å²) in [6.07, 6.45) is 0.402. The lowest BCUT2D eigenvalue weighted by Crippen LogP contribution is -2.41. The summed E-state index contributed by atoms with van der Waals surface area (Å²) in [5.41, 5.74) is 5.05. The zero-order valence-corrected chi connectivity index (χ0v) is 11.1. The molecular weight excluding hydrogens is 248 g/mol. The number of carbonyl (C=O) groups is 1. The SMILES string of the molecule is COCCC(C)(O)CNC(=O)c1cc(O)ccc1N. The van der Waals surface area contributed by atoms with Crippen LogP contribution in [0.25, 0.3) is 0 Å². The van der Waals surface area contributed by atoms with E-state index in [0.717, 1.165) is 0 Å². The van der Waals surface area contributed by atoms with E-state index in [9.17, 15) is 15.0 Å². The summed E-state index contributed by atoms with van der Waals surface area (Å²) >= 11 is 0. The number of hydrogen-bond donors (Lipinski definition) is 4. The Morgan fingerprint density at radius 3 is 2.84 bits per heavy atom. The van der Waals surface area contributed by atoms with Gasteiger partial charge in [0.15, 0.2) is 0 Å². The molecule has 0 spiro atoms. The first-order chi connectivity index (χ1) is 8.85. The highest BCUT2D eigenvalue weighted by molar-refractivity contribution is 5.99. The van der Waals surface area contributed by atoms with Crippen LogP contribution in [0.15, 0.2) is 18.2 Å². The quantitative estimate of drug-likeness (QED) is 0.444. The molecule has 0 saturated carbocycles. The van der Waals surface area contributed by atoms with Crippen molar-refractivity contribution in [1.29, 1.82) is 0 Å². The lowest BCUT2D eigenvalue weighted by atomic mass is 10.0. The second-order valence-electron chi connectivity index (χ2n) is 4.69. The number of rotatable bonds is 6. The van der Waals surface area contributed by atoms with E-state index in [1.165, 1.54) is 18.2 Å². The van der Waals surface area contributed by atoms with E-state index < -0.39 is 11.5 Å². The van der Waals surface area contributed by atoms with Gasteiger partial charge in [0.25, 0.3) is 5.91 Å². The molecule has 0 aliphatic heterocycles. The third kappa shape index (κ3) is 4.76. The summed E-state index contributed by atoms with van der Waals surface area (Å²) in [6, 6.07) is 4.14. The van der Waals surface area contributed by atoms with Gasteiger partial charge in [0, 0.05) is 32.4 Å². The molecule has 0 fully saturated rings. The second kappa shape index (κ2) is 6.40. The molecule has 1 rings (SSSR count). The third-order valence-corrected chi connectivity index (χ3v) is 2.76. The van der Waals surface area contributed by atoms with Crippen molar-refractivity contribution >= 4 is 11.6 Å². The second-order valence-corrected chi connectivity index (χ2v) is 4.69. The number of aliphatic hydroxyl groups is 1. The van der Waals surface area contributed by atoms with Crippen LogP contribution in [0.3, 0.4) is 0 Å². The van der Waals surface area contributed by atoms with E-state index in [1.54, 1.807) is 14.0 Å². The molecule has 1 atom stereocenters. The van der Waals surface area contributed by atoms with Crippen LogP contribution in [0.1, 0.15) is 23.7 Å². The number of anilines is 1. The Bertz CT molecular complexity index is 446. The Hall–Kier alpha value is -1.79. The van der Waals surface area contributed by atoms with Gasteiger partial charge in [0.05, 0.1) is 11.2 Å². The van der Waals surface area contributed by atoms with Gasteiger partial charge in [-0.3, -0.25) is 4.79 Å². The number of nitrogens with two attached hydrogens (primary N) is 1. The van der Waals surface area contributed by atoms with Gasteiger partial charge in [0.1, 0.15) is 5.75 Å². The van der Waals surface area contributed by atoms with Crippen molar-refractivity contribution in [3.8, 4) is 5.75 Å². The van der Waals surface area contributed by atoms with Crippen molar-refractivity contribution in [3.05, 3.63) is 23.8 Å². The summed E-state index contributed by atoms with van der Waals surface area (Å²) in [4.78, 5) is 11.9. The summed E-state index contributed by atoms with van der Waals surface area (Å²) in [6.45, 7) is 2.08. The number of benzene rings is 1. The van der Waals surface area contributed by atoms with Gasteiger partial charge in [-0.2, -0.15) is 0 Å². The summed E-state index contributed by atoms with van der Waals surface area (Å²) in [5.74, 6) is -0.475. The Labute approximate surface area is 112 Å². The van der Waals surface area contributed by atoms with Crippen LogP contribution in [0.2, 0.25) is 0 Å². The molecule has 106 valence electrons. The molecule has 0 heterocycles. The molecule has 1 aromatic carbocycles. The topological polar surface area (TPSA) is 105 Å². The van der Waals surface area contributed by atoms with E-state index >= 15 is 0 Å². The minimum Gasteiger partial charge on any atom is -0.508 e. The van der Waals surface area contributed by atoms with Crippen LogP contribution >= 0.6 is 0 Å². The summed E-state index contributed by atoms with van der Waals surface area (Å²) in [5, 5.41) is 21.9. The minimum atomic E-state index is -1.06. The fourth-order valence-corrected chi connectivity index (χ4v) is 1.52. The molecular formula is C13H20N2O4. The molecule has 0 radical (unpaired) electrons. The first-order valence-corrected chi connectivity index (χ1v) is 5.94. The predicted molar refractivity (Wildman–Crippen MR) is 72.0 cm³/mol. The zero-order valence-electron chi connectivity index (χ0n) is 11.1. The molecule has 1 unspecified atom stereocenters. The Morgan fingerprint density at radius 1 is 1.53 bits per heavy atom. The van der Waals surface area contributed by atoms with Gasteiger partial charge < -0.3 is 26.0 Å². The number of amides is 1. The molecule has 0 saturated heterocycles. The van der Waals surface area contributed by atoms with Crippen molar-refractivity contribution in [2.24, 2.45) is 0 Å². The molecule has 0 aliphatic rings. The highest BCUT2D eigenvalue weighted by Gasteiger charge is 2.21. The summed E-state index contributed by atoms with van der Waals surface area (Å²) in [7, 11) is 1.54. The molecule has 19 heavy (non-hydrogen) atoms. The monoisotopic (exact) mass is 268 g/mol. The highest BCUT2D eigenvalue weighted by atomic mass is 16.5. The molecule has 0 bridgehead atoms. The molecule has 1 amide bonds. The number of methoxy groups -OCH3 is 1. The van der Waals surface area contributed by atoms with E-state index in [0.29, 0.717) is 13.0 Å². The lowest BCUT2D eigenvalue weighted by Gasteiger charge is -2.23. The Balaban J connectivity index is 2.62. The van der Waals surface area contributed by atoms with Gasteiger partial charge in [-0.25, -0.2) is 0 Å². The maximum Gasteiger partial charge on any atom is 0.253 e. The van der Waals surface area contributed by atoms with Crippen molar-refractivity contribution in [2.75, 3.05) is 26.0 Å². The highest BCUT2D eigenvalue weighted by Crippen LogP contribution is 2.18. The number of carbonyl (C=O) groups excluding carboxylic acids is 1. The normalized spacial score (nSPS) is 13.8. The van der Waals surface area contributed by atoms with Crippen molar-refractivity contribution < 1.29 is 19.7 Å². The first kappa shape index (κ1) is 15.3. The minimum absolute atomic E-state index is 0.0366. The average Bonchev–Trinajstić information content (AvgIpc) is 2.36. The van der Waals surface area contributed by atoms with Crippen LogP contribution in [-0.2, 0) is 4.74 Å². The van der Waals surface area contributed by atoms with Crippen LogP contribution in [0.4, 0.5) is 5.69 Å². The van der Waals surface area contributed by atoms with Gasteiger partial charge in [-0.05, 0) is 25.1 Å². The van der Waals surface area contributed by atoms with Crippen molar-refractivity contribution in [3.63, 3.8) is 0 Å². The average molecular weight is 268 g/mol. The van der Waals surface area contributed by atoms with E-state index in [2.05, 4.69) is 5.32 Å². The number of nitrogen functional groups attached to an aromatic ring is 1. The molecule has 0 aromatic heterocycles. The number of phenols is 1. The van der Waals surface area contributed by atoms with E-state index in [4.69, 9.17) is 10.5 Å². The van der Waals surface area contributed by atoms with E-state index in [-0.39, 0.29) is 23.5 Å². The number of hydrogen-bond acceptors (Lipinski definition) is 5. The fourth-order valence-electron chi connectivity index (χ4n) is 1.52. The zero-order chi connectivity index (χ0) is 14.5. The molecule has 5 N–H and O–H groups in total. The fraction of sp³-hybridized carbons (Fsp3) is 0.462. The van der Waals surface area contributed by atoms with Crippen molar-refractivity contribution in [1.82, 2.24) is 5.32 Å². The number of phenolic OH excluding ortho intramolecular Hbond substituents is 1. The summed E-state index contributed by atoms with van der Waals surface area (Å²) < 4.78 is 4.88. The van der Waals surface area contributed by atoms with Gasteiger partial charge in [-0.1, -0.05) is 0 Å². The number of ether oxygens (including phenoxy) is 1. The molecule has 0 aliphatic carbocycles. The van der Waals surface area contributed by atoms with E-state index in [1.807, 2.05) is 0 Å². The third-order valence-electron chi connectivity index (χ3n) is 2.76. The molecule has 6 nitrogen and oxygen atoms in total. The van der Waals surface area contributed by atoms with Gasteiger partial charge >= 0.3 is 0 Å². The number of nitrogens with one attached hydrogen (secondary N) is 1. The largest absolute Gasteiger partial charge is 0.508 e. The maximum absolute atomic E-state index is 11.9. The van der Waals surface area contributed by atoms with Gasteiger partial charge in [-0.15, -0.1) is 0 Å². The van der Waals surface area contributed by atoms with Crippen molar-refractivity contribution in [2.45, 2.75) is 18.9 Å². The van der Waals surface area contributed by atoms with Crippen LogP contribution in [-0.4, -0.2) is 42.0 Å². The Morgan fingerprint density at radius 2 is 2.21 bits per heavy atom. The van der Waals surface area contributed by atoms with Crippen LogP contribution in [0.5, 0.6) is 5.75 Å². The first-order valence-electron chi connectivity index (χ1n) is 5.94. The van der Waals surface area contributed by atoms with Crippen LogP contribution in [0, 0.1) is 0 Å². The molecule has 1 aromatic rings. The maximum atomic E-state index is 11.9.